The van der Waals surface area contributed by atoms with Gasteiger partial charge in [-0.05, 0) is 40.2 Å². The lowest BCUT2D eigenvalue weighted by atomic mass is 9.74. The van der Waals surface area contributed by atoms with Crippen molar-refractivity contribution in [3.63, 3.8) is 0 Å². The van der Waals surface area contributed by atoms with Gasteiger partial charge in [-0.3, -0.25) is 0 Å². The van der Waals surface area contributed by atoms with Crippen molar-refractivity contribution in [2.24, 2.45) is 0 Å². The number of benzene rings is 2. The van der Waals surface area contributed by atoms with Crippen LogP contribution in [0.25, 0.3) is 16.8 Å². The van der Waals surface area contributed by atoms with Crippen LogP contribution in [0.4, 0.5) is 0 Å². The van der Waals surface area contributed by atoms with Gasteiger partial charge < -0.3 is 10.0 Å². The quantitative estimate of drug-likeness (QED) is 0.720. The monoisotopic (exact) mass is 224 g/mol. The summed E-state index contributed by atoms with van der Waals surface area (Å²) in [6.07, 6.45) is 6.29. The standard InChI is InChI=1S/C14H13BO2/c16-15(17)14-9-10-5-1-2-6-11(10)12-7-3-4-8-13(12)14/h2-4,6-9,16-17H,1,5H2. The van der Waals surface area contributed by atoms with E-state index in [9.17, 15) is 10.0 Å². The molecule has 2 N–H and O–H groups in total. The molecule has 0 bridgehead atoms. The second-order valence-electron chi connectivity index (χ2n) is 4.40. The molecular formula is C14H13BO2. The highest BCUT2D eigenvalue weighted by atomic mass is 16.4. The second kappa shape index (κ2) is 4.02. The minimum Gasteiger partial charge on any atom is -0.423 e. The number of hydrogen-bond donors (Lipinski definition) is 2. The molecule has 17 heavy (non-hydrogen) atoms. The zero-order valence-electron chi connectivity index (χ0n) is 9.43. The van der Waals surface area contributed by atoms with Crippen LogP contribution in [0, 0.1) is 0 Å². The molecule has 0 heterocycles. The van der Waals surface area contributed by atoms with Crippen LogP contribution in [0.3, 0.4) is 0 Å². The highest BCUT2D eigenvalue weighted by Gasteiger charge is 2.19. The summed E-state index contributed by atoms with van der Waals surface area (Å²) < 4.78 is 0. The molecule has 0 spiro atoms. The Morgan fingerprint density at radius 2 is 1.82 bits per heavy atom. The van der Waals surface area contributed by atoms with E-state index >= 15 is 0 Å². The lowest BCUT2D eigenvalue weighted by molar-refractivity contribution is 0.426. The molecule has 0 atom stereocenters. The summed E-state index contributed by atoms with van der Waals surface area (Å²) >= 11 is 0. The molecule has 1 aliphatic carbocycles. The fraction of sp³-hybridized carbons (Fsp3) is 0.143. The van der Waals surface area contributed by atoms with Crippen molar-refractivity contribution >= 4 is 29.4 Å². The molecule has 84 valence electrons. The van der Waals surface area contributed by atoms with Crippen LogP contribution in [0.1, 0.15) is 17.5 Å². The van der Waals surface area contributed by atoms with E-state index in [0.29, 0.717) is 5.46 Å². The molecule has 0 aliphatic heterocycles. The third-order valence-electron chi connectivity index (χ3n) is 3.35. The Morgan fingerprint density at radius 1 is 1.06 bits per heavy atom. The summed E-state index contributed by atoms with van der Waals surface area (Å²) in [5.41, 5.74) is 3.03. The first-order chi connectivity index (χ1) is 8.27. The molecule has 0 amide bonds. The number of hydrogen-bond acceptors (Lipinski definition) is 2. The van der Waals surface area contributed by atoms with Gasteiger partial charge in [0, 0.05) is 0 Å². The van der Waals surface area contributed by atoms with Crippen LogP contribution >= 0.6 is 0 Å². The van der Waals surface area contributed by atoms with E-state index in [1.165, 1.54) is 11.1 Å². The van der Waals surface area contributed by atoms with Crippen molar-refractivity contribution in [1.82, 2.24) is 0 Å². The van der Waals surface area contributed by atoms with Crippen LogP contribution in [0.15, 0.2) is 36.4 Å². The first-order valence-corrected chi connectivity index (χ1v) is 5.84. The Morgan fingerprint density at radius 3 is 2.59 bits per heavy atom. The summed E-state index contributed by atoms with van der Waals surface area (Å²) in [5, 5.41) is 20.9. The molecule has 2 aromatic rings. The fourth-order valence-electron chi connectivity index (χ4n) is 2.54. The highest BCUT2D eigenvalue weighted by molar-refractivity contribution is 6.62. The minimum atomic E-state index is -1.41. The lowest BCUT2D eigenvalue weighted by Crippen LogP contribution is -2.31. The average molecular weight is 224 g/mol. The summed E-state index contributed by atoms with van der Waals surface area (Å²) in [6, 6.07) is 9.81. The predicted molar refractivity (Wildman–Crippen MR) is 71.1 cm³/mol. The van der Waals surface area contributed by atoms with Gasteiger partial charge in [-0.15, -0.1) is 0 Å². The molecule has 3 rings (SSSR count). The third kappa shape index (κ3) is 1.68. The maximum atomic E-state index is 9.46. The zero-order valence-corrected chi connectivity index (χ0v) is 9.43. The fourth-order valence-corrected chi connectivity index (χ4v) is 2.54. The third-order valence-corrected chi connectivity index (χ3v) is 3.35. The van der Waals surface area contributed by atoms with E-state index in [-0.39, 0.29) is 0 Å². The first kappa shape index (κ1) is 10.6. The molecule has 2 aromatic carbocycles. The topological polar surface area (TPSA) is 40.5 Å². The van der Waals surface area contributed by atoms with Crippen molar-refractivity contribution in [2.75, 3.05) is 0 Å². The molecule has 0 radical (unpaired) electrons. The maximum absolute atomic E-state index is 9.46. The van der Waals surface area contributed by atoms with Gasteiger partial charge in [0.15, 0.2) is 0 Å². The molecule has 0 fully saturated rings. The van der Waals surface area contributed by atoms with Crippen LogP contribution in [-0.4, -0.2) is 17.2 Å². The Labute approximate surface area is 100 Å². The molecule has 1 aliphatic rings. The zero-order chi connectivity index (χ0) is 11.8. The normalized spacial score (nSPS) is 13.8. The van der Waals surface area contributed by atoms with E-state index in [1.54, 1.807) is 0 Å². The first-order valence-electron chi connectivity index (χ1n) is 5.84. The summed E-state index contributed by atoms with van der Waals surface area (Å²) in [5.74, 6) is 0. The average Bonchev–Trinajstić information content (AvgIpc) is 2.37. The largest absolute Gasteiger partial charge is 0.489 e. The number of aryl methyl sites for hydroxylation is 1. The second-order valence-corrected chi connectivity index (χ2v) is 4.40. The molecule has 0 aromatic heterocycles. The van der Waals surface area contributed by atoms with Gasteiger partial charge >= 0.3 is 7.12 Å². The molecule has 2 nitrogen and oxygen atoms in total. The number of allylic oxidation sites excluding steroid dienone is 1. The smallest absolute Gasteiger partial charge is 0.423 e. The van der Waals surface area contributed by atoms with Gasteiger partial charge in [0.25, 0.3) is 0 Å². The van der Waals surface area contributed by atoms with E-state index in [1.807, 2.05) is 30.3 Å². The van der Waals surface area contributed by atoms with E-state index in [2.05, 4.69) is 12.2 Å². The number of fused-ring (bicyclic) bond motifs is 3. The Bertz CT molecular complexity index is 602. The van der Waals surface area contributed by atoms with Crippen LogP contribution < -0.4 is 5.46 Å². The van der Waals surface area contributed by atoms with Crippen molar-refractivity contribution < 1.29 is 10.0 Å². The van der Waals surface area contributed by atoms with Crippen LogP contribution in [-0.2, 0) is 6.42 Å². The van der Waals surface area contributed by atoms with Crippen molar-refractivity contribution in [3.05, 3.63) is 47.5 Å². The van der Waals surface area contributed by atoms with Gasteiger partial charge in [0.1, 0.15) is 0 Å². The Kier molecular flexibility index (Phi) is 2.50. The van der Waals surface area contributed by atoms with E-state index in [0.717, 1.165) is 23.6 Å². The molecule has 0 saturated heterocycles. The number of rotatable bonds is 1. The van der Waals surface area contributed by atoms with Crippen molar-refractivity contribution in [2.45, 2.75) is 12.8 Å². The van der Waals surface area contributed by atoms with Gasteiger partial charge in [-0.25, -0.2) is 0 Å². The summed E-state index contributed by atoms with van der Waals surface area (Å²) in [7, 11) is -1.41. The molecule has 0 saturated carbocycles. The SMILES string of the molecule is OB(O)c1cc2c(c3ccccc13)C=CCC2. The van der Waals surface area contributed by atoms with E-state index < -0.39 is 7.12 Å². The summed E-state index contributed by atoms with van der Waals surface area (Å²) in [4.78, 5) is 0. The van der Waals surface area contributed by atoms with Crippen LogP contribution in [0.2, 0.25) is 0 Å². The minimum absolute atomic E-state index is 0.606. The van der Waals surface area contributed by atoms with Gasteiger partial charge in [0.05, 0.1) is 0 Å². The maximum Gasteiger partial charge on any atom is 0.489 e. The van der Waals surface area contributed by atoms with Crippen molar-refractivity contribution in [1.29, 1.82) is 0 Å². The van der Waals surface area contributed by atoms with Gasteiger partial charge in [-0.1, -0.05) is 42.5 Å². The van der Waals surface area contributed by atoms with Gasteiger partial charge in [0.2, 0.25) is 0 Å². The Hall–Kier alpha value is -1.58. The lowest BCUT2D eigenvalue weighted by Gasteiger charge is -2.16. The van der Waals surface area contributed by atoms with E-state index in [4.69, 9.17) is 0 Å². The Balaban J connectivity index is 2.41. The highest BCUT2D eigenvalue weighted by Crippen LogP contribution is 2.26. The summed E-state index contributed by atoms with van der Waals surface area (Å²) in [6.45, 7) is 0. The molecule has 3 heteroatoms. The van der Waals surface area contributed by atoms with Gasteiger partial charge in [-0.2, -0.15) is 0 Å². The molecule has 0 unspecified atom stereocenters. The van der Waals surface area contributed by atoms with Crippen LogP contribution in [0.5, 0.6) is 0 Å². The predicted octanol–water partition coefficient (Wildman–Crippen LogP) is 1.48. The van der Waals surface area contributed by atoms with Crippen molar-refractivity contribution in [3.8, 4) is 0 Å². The molecular weight excluding hydrogens is 211 g/mol.